The average Bonchev–Trinajstić information content (AvgIpc) is 2.64. The molecule has 150 valence electrons. The molecular formula is C20H20F2O5S. The summed E-state index contributed by atoms with van der Waals surface area (Å²) in [6.45, 7) is 6.99. The molecule has 0 bridgehead atoms. The smallest absolute Gasteiger partial charge is 0.341 e. The first-order chi connectivity index (χ1) is 13.0. The third kappa shape index (κ3) is 4.27. The van der Waals surface area contributed by atoms with E-state index in [-0.39, 0.29) is 11.3 Å². The molecule has 0 aliphatic rings. The predicted octanol–water partition coefficient (Wildman–Crippen LogP) is 3.96. The lowest BCUT2D eigenvalue weighted by molar-refractivity contribution is 0.0474. The summed E-state index contributed by atoms with van der Waals surface area (Å²) < 4.78 is 52.8. The van der Waals surface area contributed by atoms with Crippen molar-refractivity contribution in [1.82, 2.24) is 0 Å². The Hall–Kier alpha value is -2.61. The highest BCUT2D eigenvalue weighted by molar-refractivity contribution is 7.91. The number of rotatable bonds is 6. The van der Waals surface area contributed by atoms with Crippen LogP contribution in [0.1, 0.15) is 43.0 Å². The van der Waals surface area contributed by atoms with Gasteiger partial charge in [0, 0.05) is 5.56 Å². The van der Waals surface area contributed by atoms with E-state index in [2.05, 4.69) is 0 Å². The molecule has 2 aromatic rings. The zero-order chi connectivity index (χ0) is 21.2. The van der Waals surface area contributed by atoms with Gasteiger partial charge in [-0.2, -0.15) is 8.78 Å². The van der Waals surface area contributed by atoms with E-state index in [1.165, 1.54) is 0 Å². The van der Waals surface area contributed by atoms with E-state index in [0.717, 1.165) is 46.5 Å². The fourth-order valence-electron chi connectivity index (χ4n) is 2.88. The SMILES string of the molecule is Cc1cc(C)c(C(=O)COC(=O)c2ccc(S(=O)(=O)C(F)F)cc2)c(C)c1C. The molecule has 28 heavy (non-hydrogen) atoms. The van der Waals surface area contributed by atoms with Crippen molar-refractivity contribution >= 4 is 21.6 Å². The quantitative estimate of drug-likeness (QED) is 0.532. The summed E-state index contributed by atoms with van der Waals surface area (Å²) in [6.07, 6.45) is 0. The molecule has 0 radical (unpaired) electrons. The van der Waals surface area contributed by atoms with Gasteiger partial charge in [0.05, 0.1) is 10.5 Å². The van der Waals surface area contributed by atoms with Crippen molar-refractivity contribution in [3.63, 3.8) is 0 Å². The fraction of sp³-hybridized carbons (Fsp3) is 0.300. The van der Waals surface area contributed by atoms with Crippen LogP contribution in [0.5, 0.6) is 0 Å². The molecule has 2 rings (SSSR count). The van der Waals surface area contributed by atoms with Crippen molar-refractivity contribution in [2.45, 2.75) is 38.3 Å². The van der Waals surface area contributed by atoms with Crippen LogP contribution >= 0.6 is 0 Å². The first kappa shape index (κ1) is 21.7. The summed E-state index contributed by atoms with van der Waals surface area (Å²) in [5, 5.41) is 0. The van der Waals surface area contributed by atoms with Crippen molar-refractivity contribution in [2.75, 3.05) is 6.61 Å². The average molecular weight is 410 g/mol. The standard InChI is InChI=1S/C20H20F2O5S/c1-11-9-12(2)18(14(4)13(11)3)17(23)10-27-19(24)15-5-7-16(8-6-15)28(25,26)20(21)22/h5-9,20H,10H2,1-4H3. The number of Topliss-reactive ketones (excluding diaryl/α,β-unsaturated/α-hetero) is 1. The predicted molar refractivity (Wildman–Crippen MR) is 99.6 cm³/mol. The minimum atomic E-state index is -4.74. The number of halogens is 2. The monoisotopic (exact) mass is 410 g/mol. The minimum Gasteiger partial charge on any atom is -0.454 e. The van der Waals surface area contributed by atoms with Gasteiger partial charge in [-0.05, 0) is 74.2 Å². The Morgan fingerprint density at radius 1 is 0.964 bits per heavy atom. The van der Waals surface area contributed by atoms with E-state index in [1.54, 1.807) is 6.92 Å². The third-order valence-corrected chi connectivity index (χ3v) is 6.02. The van der Waals surface area contributed by atoms with Gasteiger partial charge in [0.25, 0.3) is 0 Å². The highest BCUT2D eigenvalue weighted by Crippen LogP contribution is 2.22. The Kier molecular flexibility index (Phi) is 6.34. The molecule has 2 aromatic carbocycles. The lowest BCUT2D eigenvalue weighted by atomic mass is 9.92. The Labute approximate surface area is 162 Å². The van der Waals surface area contributed by atoms with Gasteiger partial charge in [-0.25, -0.2) is 13.2 Å². The van der Waals surface area contributed by atoms with Crippen molar-refractivity contribution in [3.8, 4) is 0 Å². The number of sulfone groups is 1. The number of ether oxygens (including phenoxy) is 1. The van der Waals surface area contributed by atoms with Crippen LogP contribution in [-0.4, -0.2) is 32.5 Å². The summed E-state index contributed by atoms with van der Waals surface area (Å²) in [7, 11) is -4.74. The molecule has 0 aliphatic carbocycles. The van der Waals surface area contributed by atoms with Crippen LogP contribution in [-0.2, 0) is 14.6 Å². The number of hydrogen-bond donors (Lipinski definition) is 0. The third-order valence-electron chi connectivity index (χ3n) is 4.62. The molecule has 0 aromatic heterocycles. The molecule has 0 heterocycles. The van der Waals surface area contributed by atoms with Crippen molar-refractivity contribution in [2.24, 2.45) is 0 Å². The second-order valence-corrected chi connectivity index (χ2v) is 8.38. The molecule has 0 N–H and O–H groups in total. The van der Waals surface area contributed by atoms with E-state index in [0.29, 0.717) is 5.56 Å². The number of hydrogen-bond acceptors (Lipinski definition) is 5. The van der Waals surface area contributed by atoms with Crippen LogP contribution in [0.25, 0.3) is 0 Å². The molecule has 0 fully saturated rings. The van der Waals surface area contributed by atoms with Gasteiger partial charge in [0.2, 0.25) is 15.6 Å². The van der Waals surface area contributed by atoms with Crippen molar-refractivity contribution in [3.05, 3.63) is 63.7 Å². The summed E-state index contributed by atoms with van der Waals surface area (Å²) in [6, 6.07) is 5.82. The van der Waals surface area contributed by atoms with Crippen LogP contribution in [0.15, 0.2) is 35.2 Å². The van der Waals surface area contributed by atoms with Gasteiger partial charge < -0.3 is 4.74 Å². The summed E-state index contributed by atoms with van der Waals surface area (Å²) in [4.78, 5) is 24.0. The van der Waals surface area contributed by atoms with E-state index in [1.807, 2.05) is 26.8 Å². The topological polar surface area (TPSA) is 77.5 Å². The van der Waals surface area contributed by atoms with E-state index < -0.39 is 33.1 Å². The number of alkyl halides is 2. The first-order valence-corrected chi connectivity index (χ1v) is 9.91. The van der Waals surface area contributed by atoms with Crippen LogP contribution in [0.2, 0.25) is 0 Å². The van der Waals surface area contributed by atoms with Gasteiger partial charge >= 0.3 is 11.7 Å². The van der Waals surface area contributed by atoms with Crippen LogP contribution in [0, 0.1) is 27.7 Å². The molecule has 0 unspecified atom stereocenters. The number of aryl methyl sites for hydroxylation is 2. The van der Waals surface area contributed by atoms with Gasteiger partial charge in [-0.1, -0.05) is 6.07 Å². The summed E-state index contributed by atoms with van der Waals surface area (Å²) in [5.41, 5.74) is 4.09. The normalized spacial score (nSPS) is 11.5. The maximum absolute atomic E-state index is 12.5. The Bertz CT molecular complexity index is 1030. The zero-order valence-electron chi connectivity index (χ0n) is 15.9. The Balaban J connectivity index is 2.13. The van der Waals surface area contributed by atoms with E-state index >= 15 is 0 Å². The molecule has 0 atom stereocenters. The van der Waals surface area contributed by atoms with Gasteiger partial charge in [0.15, 0.2) is 6.61 Å². The minimum absolute atomic E-state index is 0.0467. The first-order valence-electron chi connectivity index (χ1n) is 8.36. The van der Waals surface area contributed by atoms with Crippen molar-refractivity contribution < 1.29 is 31.5 Å². The Morgan fingerprint density at radius 2 is 1.54 bits per heavy atom. The number of ketones is 1. The molecule has 0 saturated heterocycles. The second kappa shape index (κ2) is 8.18. The number of carbonyl (C=O) groups is 2. The molecule has 8 heteroatoms. The number of carbonyl (C=O) groups excluding carboxylic acids is 2. The van der Waals surface area contributed by atoms with Gasteiger partial charge in [-0.15, -0.1) is 0 Å². The van der Waals surface area contributed by atoms with E-state index in [9.17, 15) is 26.8 Å². The Morgan fingerprint density at radius 3 is 2.07 bits per heavy atom. The highest BCUT2D eigenvalue weighted by atomic mass is 32.2. The summed E-state index contributed by atoms with van der Waals surface area (Å²) >= 11 is 0. The lowest BCUT2D eigenvalue weighted by Gasteiger charge is -2.14. The number of esters is 1. The van der Waals surface area contributed by atoms with E-state index in [4.69, 9.17) is 4.74 Å². The van der Waals surface area contributed by atoms with Crippen LogP contribution < -0.4 is 0 Å². The summed E-state index contributed by atoms with van der Waals surface area (Å²) in [5.74, 6) is -4.76. The molecular weight excluding hydrogens is 390 g/mol. The highest BCUT2D eigenvalue weighted by Gasteiger charge is 2.26. The lowest BCUT2D eigenvalue weighted by Crippen LogP contribution is -2.17. The van der Waals surface area contributed by atoms with Gasteiger partial charge in [0.1, 0.15) is 0 Å². The zero-order valence-corrected chi connectivity index (χ0v) is 16.7. The fourth-order valence-corrected chi connectivity index (χ4v) is 3.60. The second-order valence-electron chi connectivity index (χ2n) is 6.46. The number of benzene rings is 2. The van der Waals surface area contributed by atoms with Crippen LogP contribution in [0.3, 0.4) is 0 Å². The molecule has 0 saturated carbocycles. The van der Waals surface area contributed by atoms with Crippen molar-refractivity contribution in [1.29, 1.82) is 0 Å². The molecule has 5 nitrogen and oxygen atoms in total. The largest absolute Gasteiger partial charge is 0.454 e. The van der Waals surface area contributed by atoms with Gasteiger partial charge in [-0.3, -0.25) is 4.79 Å². The maximum Gasteiger partial charge on any atom is 0.341 e. The molecule has 0 amide bonds. The molecule has 0 spiro atoms. The maximum atomic E-state index is 12.5. The van der Waals surface area contributed by atoms with Crippen LogP contribution in [0.4, 0.5) is 8.78 Å². The molecule has 0 aliphatic heterocycles.